The summed E-state index contributed by atoms with van der Waals surface area (Å²) in [5.74, 6) is -0.713. The molecule has 1 rings (SSSR count). The van der Waals surface area contributed by atoms with E-state index >= 15 is 0 Å². The van der Waals surface area contributed by atoms with Gasteiger partial charge >= 0.3 is 0 Å². The molecule has 0 bridgehead atoms. The Morgan fingerprint density at radius 1 is 1.22 bits per heavy atom. The standard InChI is InChI=1S/C4H3NO3.W/c5-1-2(6)4(8)3(1)7;/h(H3,5,6,7,8);/p-1. The molecule has 0 saturated heterocycles. The zero-order valence-electron chi connectivity index (χ0n) is 4.17. The summed E-state index contributed by atoms with van der Waals surface area (Å²) in [6.07, 6.45) is 0. The van der Waals surface area contributed by atoms with E-state index in [-0.39, 0.29) is 21.1 Å². The van der Waals surface area contributed by atoms with Crippen LogP contribution in [-0.2, 0) is 21.1 Å². The van der Waals surface area contributed by atoms with Crippen molar-refractivity contribution in [2.45, 2.75) is 0 Å². The molecule has 0 spiro atoms. The third-order valence-electron chi connectivity index (χ3n) is 0.885. The summed E-state index contributed by atoms with van der Waals surface area (Å²) >= 11 is 0. The van der Waals surface area contributed by atoms with Crippen molar-refractivity contribution in [2.24, 2.45) is 0 Å². The Morgan fingerprint density at radius 3 is 1.78 bits per heavy atom. The predicted molar refractivity (Wildman–Crippen MR) is 27.0 cm³/mol. The number of nitrogens with one attached hydrogen (secondary N) is 1. The van der Waals surface area contributed by atoms with E-state index in [1.807, 2.05) is 0 Å². The van der Waals surface area contributed by atoms with Crippen molar-refractivity contribution < 1.29 is 26.2 Å². The fraction of sp³-hybridized carbons (Fsp3) is 0. The molecule has 0 atom stereocenters. The summed E-state index contributed by atoms with van der Waals surface area (Å²) in [6.45, 7) is 0. The molecule has 0 aromatic heterocycles. The maximum Gasteiger partial charge on any atom is 0.264 e. The van der Waals surface area contributed by atoms with Crippen LogP contribution in [0.4, 0.5) is 5.69 Å². The van der Waals surface area contributed by atoms with Crippen LogP contribution in [0.3, 0.4) is 0 Å². The van der Waals surface area contributed by atoms with Crippen molar-refractivity contribution in [3.05, 3.63) is 26.2 Å². The van der Waals surface area contributed by atoms with E-state index in [9.17, 15) is 9.59 Å². The summed E-state index contributed by atoms with van der Waals surface area (Å²) in [4.78, 5) is 20.0. The minimum absolute atomic E-state index is 0. The normalized spacial score (nSPS) is 8.89. The average molecular weight is 296 g/mol. The summed E-state index contributed by atoms with van der Waals surface area (Å²) in [5, 5.41) is 8.28. The average Bonchev–Trinajstić information content (AvgIpc) is 1.83. The monoisotopic (exact) mass is 296 g/mol. The van der Waals surface area contributed by atoms with Crippen molar-refractivity contribution in [3.63, 3.8) is 0 Å². The Morgan fingerprint density at radius 2 is 1.67 bits per heavy atom. The van der Waals surface area contributed by atoms with E-state index in [0.717, 1.165) is 0 Å². The van der Waals surface area contributed by atoms with Gasteiger partial charge in [-0.2, -0.15) is 0 Å². The summed E-state index contributed by atoms with van der Waals surface area (Å²) in [5.41, 5.74) is 4.09. The van der Waals surface area contributed by atoms with Crippen LogP contribution in [0.1, 0.15) is 0 Å². The summed E-state index contributed by atoms with van der Waals surface area (Å²) in [7, 11) is 0. The third kappa shape index (κ3) is 0.899. The van der Waals surface area contributed by atoms with Crippen molar-refractivity contribution in [2.75, 3.05) is 0 Å². The molecule has 0 aliphatic carbocycles. The molecule has 9 heavy (non-hydrogen) atoms. The van der Waals surface area contributed by atoms with Gasteiger partial charge in [-0.05, 0) is 5.69 Å². The molecule has 0 saturated carbocycles. The van der Waals surface area contributed by atoms with E-state index in [1.54, 1.807) is 0 Å². The van der Waals surface area contributed by atoms with E-state index in [4.69, 9.17) is 10.8 Å². The SMILES string of the molecule is [NH-]c1c(O)c(=O)c1=O.[W]. The fourth-order valence-corrected chi connectivity index (χ4v) is 0.380. The van der Waals surface area contributed by atoms with E-state index < -0.39 is 22.3 Å². The first kappa shape index (κ1) is 8.37. The van der Waals surface area contributed by atoms with Crippen molar-refractivity contribution in [3.8, 4) is 5.75 Å². The summed E-state index contributed by atoms with van der Waals surface area (Å²) < 4.78 is 0. The van der Waals surface area contributed by atoms with Crippen LogP contribution in [0.15, 0.2) is 9.59 Å². The third-order valence-corrected chi connectivity index (χ3v) is 0.885. The number of hydrogen-bond donors (Lipinski definition) is 1. The van der Waals surface area contributed by atoms with E-state index in [1.165, 1.54) is 0 Å². The van der Waals surface area contributed by atoms with Crippen LogP contribution >= 0.6 is 0 Å². The Bertz CT molecular complexity index is 256. The Labute approximate surface area is 64.3 Å². The molecule has 0 amide bonds. The number of rotatable bonds is 0. The molecule has 0 unspecified atom stereocenters. The van der Waals surface area contributed by atoms with Crippen LogP contribution in [0, 0.1) is 0 Å². The van der Waals surface area contributed by atoms with Crippen LogP contribution in [0.5, 0.6) is 5.75 Å². The minimum Gasteiger partial charge on any atom is -0.692 e. The van der Waals surface area contributed by atoms with Crippen LogP contribution in [0.25, 0.3) is 5.73 Å². The van der Waals surface area contributed by atoms with Gasteiger partial charge in [-0.1, -0.05) is 0 Å². The molecule has 48 valence electrons. The smallest absolute Gasteiger partial charge is 0.264 e. The molecule has 2 N–H and O–H groups in total. The molecular formula is C4H2NO3W-. The van der Waals surface area contributed by atoms with Gasteiger partial charge in [0.25, 0.3) is 5.43 Å². The molecule has 0 heterocycles. The molecule has 0 aliphatic heterocycles. The second-order valence-electron chi connectivity index (χ2n) is 1.38. The van der Waals surface area contributed by atoms with Crippen LogP contribution in [-0.4, -0.2) is 5.11 Å². The van der Waals surface area contributed by atoms with Gasteiger partial charge in [-0.3, -0.25) is 9.59 Å². The number of hydrogen-bond acceptors (Lipinski definition) is 3. The fourth-order valence-electron chi connectivity index (χ4n) is 0.380. The largest absolute Gasteiger partial charge is 0.692 e. The first-order valence-electron chi connectivity index (χ1n) is 1.88. The second-order valence-corrected chi connectivity index (χ2v) is 1.38. The van der Waals surface area contributed by atoms with Gasteiger partial charge in [0.2, 0.25) is 5.43 Å². The Kier molecular flexibility index (Phi) is 2.15. The summed E-state index contributed by atoms with van der Waals surface area (Å²) in [6, 6.07) is 0. The van der Waals surface area contributed by atoms with Gasteiger partial charge in [0.15, 0.2) is 5.75 Å². The zero-order chi connectivity index (χ0) is 6.31. The van der Waals surface area contributed by atoms with Gasteiger partial charge in [0.05, 0.1) is 0 Å². The topological polar surface area (TPSA) is 78.2 Å². The van der Waals surface area contributed by atoms with Gasteiger partial charge in [-0.25, -0.2) is 0 Å². The second kappa shape index (κ2) is 2.31. The van der Waals surface area contributed by atoms with E-state index in [2.05, 4.69) is 0 Å². The molecule has 4 nitrogen and oxygen atoms in total. The van der Waals surface area contributed by atoms with Crippen LogP contribution < -0.4 is 10.9 Å². The molecule has 1 aromatic carbocycles. The molecule has 0 fully saturated rings. The van der Waals surface area contributed by atoms with Gasteiger partial charge in [0, 0.05) is 21.1 Å². The maximum atomic E-state index is 10.0. The molecule has 0 radical (unpaired) electrons. The minimum atomic E-state index is -0.949. The number of aromatic hydroxyl groups is 1. The Balaban J connectivity index is 0.000000640. The van der Waals surface area contributed by atoms with Crippen molar-refractivity contribution >= 4 is 5.69 Å². The molecular weight excluding hydrogens is 294 g/mol. The van der Waals surface area contributed by atoms with Crippen molar-refractivity contribution in [1.82, 2.24) is 0 Å². The zero-order valence-corrected chi connectivity index (χ0v) is 7.11. The van der Waals surface area contributed by atoms with Gasteiger partial charge in [-0.15, -0.1) is 0 Å². The first-order valence-corrected chi connectivity index (χ1v) is 1.88. The quantitative estimate of drug-likeness (QED) is 0.666. The van der Waals surface area contributed by atoms with Gasteiger partial charge < -0.3 is 10.8 Å². The predicted octanol–water partition coefficient (Wildman–Crippen LogP) is -0.331. The Hall–Kier alpha value is -0.632. The first-order chi connectivity index (χ1) is 3.64. The van der Waals surface area contributed by atoms with Gasteiger partial charge in [0.1, 0.15) is 0 Å². The molecule has 0 aliphatic rings. The van der Waals surface area contributed by atoms with E-state index in [0.29, 0.717) is 0 Å². The van der Waals surface area contributed by atoms with Crippen molar-refractivity contribution in [1.29, 1.82) is 0 Å². The molecule has 5 heteroatoms. The molecule has 1 aromatic rings. The maximum absolute atomic E-state index is 10.0. The van der Waals surface area contributed by atoms with Crippen LogP contribution in [0.2, 0.25) is 0 Å².